The van der Waals surface area contributed by atoms with Gasteiger partial charge in [0.2, 0.25) is 0 Å². The highest BCUT2D eigenvalue weighted by Gasteiger charge is 2.22. The number of hydrogen-bond donors (Lipinski definition) is 2. The van der Waals surface area contributed by atoms with Crippen LogP contribution in [0.4, 0.5) is 11.4 Å². The number of benzene rings is 2. The minimum Gasteiger partial charge on any atom is -0.277 e. The lowest BCUT2D eigenvalue weighted by Crippen LogP contribution is -2.18. The summed E-state index contributed by atoms with van der Waals surface area (Å²) in [6, 6.07) is 12.0. The molecule has 0 spiro atoms. The molecular formula is C17H14Cl2N2O4S3. The molecule has 3 rings (SSSR count). The van der Waals surface area contributed by atoms with Crippen molar-refractivity contribution in [2.24, 2.45) is 0 Å². The van der Waals surface area contributed by atoms with Crippen molar-refractivity contribution in [3.63, 3.8) is 0 Å². The highest BCUT2D eigenvalue weighted by molar-refractivity contribution is 7.94. The maximum Gasteiger partial charge on any atom is 0.271 e. The molecule has 6 nitrogen and oxygen atoms in total. The third-order valence-electron chi connectivity index (χ3n) is 3.69. The van der Waals surface area contributed by atoms with Crippen LogP contribution in [0.2, 0.25) is 10.0 Å². The number of nitrogens with one attached hydrogen (secondary N) is 2. The Kier molecular flexibility index (Phi) is 5.92. The fourth-order valence-electron chi connectivity index (χ4n) is 2.38. The third kappa shape index (κ3) is 4.44. The predicted molar refractivity (Wildman–Crippen MR) is 114 cm³/mol. The second-order valence-electron chi connectivity index (χ2n) is 5.72. The van der Waals surface area contributed by atoms with Gasteiger partial charge in [-0.25, -0.2) is 16.8 Å². The van der Waals surface area contributed by atoms with E-state index in [4.69, 9.17) is 23.2 Å². The van der Waals surface area contributed by atoms with E-state index in [0.717, 1.165) is 11.3 Å². The summed E-state index contributed by atoms with van der Waals surface area (Å²) in [5.41, 5.74) is 0.452. The molecule has 148 valence electrons. The van der Waals surface area contributed by atoms with Crippen LogP contribution in [0.5, 0.6) is 0 Å². The Labute approximate surface area is 177 Å². The molecule has 0 aliphatic carbocycles. The summed E-state index contributed by atoms with van der Waals surface area (Å²) in [4.78, 5) is 0.0631. The van der Waals surface area contributed by atoms with Crippen molar-refractivity contribution >= 4 is 66.0 Å². The predicted octanol–water partition coefficient (Wildman–Crippen LogP) is 4.96. The van der Waals surface area contributed by atoms with Gasteiger partial charge in [0, 0.05) is 0 Å². The molecule has 0 atom stereocenters. The Bertz CT molecular complexity index is 1230. The van der Waals surface area contributed by atoms with Gasteiger partial charge in [-0.2, -0.15) is 0 Å². The van der Waals surface area contributed by atoms with E-state index in [-0.39, 0.29) is 30.5 Å². The number of halogens is 2. The smallest absolute Gasteiger partial charge is 0.271 e. The second kappa shape index (κ2) is 7.92. The molecule has 0 amide bonds. The van der Waals surface area contributed by atoms with Crippen molar-refractivity contribution in [2.75, 3.05) is 9.44 Å². The van der Waals surface area contributed by atoms with E-state index in [1.165, 1.54) is 24.3 Å². The van der Waals surface area contributed by atoms with Crippen molar-refractivity contribution in [1.82, 2.24) is 0 Å². The lowest BCUT2D eigenvalue weighted by atomic mass is 10.2. The van der Waals surface area contributed by atoms with Crippen molar-refractivity contribution in [3.05, 3.63) is 69.5 Å². The molecule has 0 radical (unpaired) electrons. The number of aryl methyl sites for hydroxylation is 1. The fraction of sp³-hybridized carbons (Fsp3) is 0.0588. The molecule has 11 heteroatoms. The fourth-order valence-corrected chi connectivity index (χ4v) is 6.09. The molecule has 0 aliphatic heterocycles. The third-order valence-corrected chi connectivity index (χ3v) is 8.70. The number of hydrogen-bond acceptors (Lipinski definition) is 5. The minimum atomic E-state index is -3.99. The molecule has 0 unspecified atom stereocenters. The van der Waals surface area contributed by atoms with Crippen LogP contribution in [0.3, 0.4) is 0 Å². The van der Waals surface area contributed by atoms with Crippen LogP contribution >= 0.6 is 34.5 Å². The lowest BCUT2D eigenvalue weighted by Gasteiger charge is -2.16. The standard InChI is InChI=1S/C17H14Cl2N2O4S3/c1-11-5-2-3-6-16(11)27(22,23)20-14-9-12(18)13(19)10-15(14)21-28(24,25)17-7-4-8-26-17/h2-10,20-21H,1H3. The van der Waals surface area contributed by atoms with Gasteiger partial charge in [0.15, 0.2) is 0 Å². The van der Waals surface area contributed by atoms with Gasteiger partial charge in [-0.1, -0.05) is 47.5 Å². The number of sulfonamides is 2. The van der Waals surface area contributed by atoms with Crippen LogP contribution in [0.25, 0.3) is 0 Å². The van der Waals surface area contributed by atoms with Crippen LogP contribution in [-0.4, -0.2) is 16.8 Å². The molecule has 0 bridgehead atoms. The molecule has 2 N–H and O–H groups in total. The van der Waals surface area contributed by atoms with Crippen LogP contribution in [0, 0.1) is 6.92 Å². The lowest BCUT2D eigenvalue weighted by molar-refractivity contribution is 0.599. The first-order valence-electron chi connectivity index (χ1n) is 7.74. The Morgan fingerprint density at radius 2 is 1.39 bits per heavy atom. The van der Waals surface area contributed by atoms with E-state index in [1.54, 1.807) is 36.6 Å². The van der Waals surface area contributed by atoms with Crippen molar-refractivity contribution in [1.29, 1.82) is 0 Å². The zero-order valence-electron chi connectivity index (χ0n) is 14.3. The van der Waals surface area contributed by atoms with Gasteiger partial charge < -0.3 is 0 Å². The topological polar surface area (TPSA) is 92.3 Å². The van der Waals surface area contributed by atoms with E-state index in [2.05, 4.69) is 9.44 Å². The van der Waals surface area contributed by atoms with Crippen LogP contribution in [-0.2, 0) is 20.0 Å². The Morgan fingerprint density at radius 1 is 0.821 bits per heavy atom. The van der Waals surface area contributed by atoms with Crippen LogP contribution in [0.15, 0.2) is 63.0 Å². The Morgan fingerprint density at radius 3 is 1.93 bits per heavy atom. The number of rotatable bonds is 6. The first kappa shape index (κ1) is 20.9. The minimum absolute atomic E-state index is 0.0417. The molecule has 0 saturated heterocycles. The van der Waals surface area contributed by atoms with Crippen LogP contribution < -0.4 is 9.44 Å². The van der Waals surface area contributed by atoms with Crippen LogP contribution in [0.1, 0.15) is 5.56 Å². The average molecular weight is 477 g/mol. The van der Waals surface area contributed by atoms with E-state index >= 15 is 0 Å². The highest BCUT2D eigenvalue weighted by Crippen LogP contribution is 2.35. The first-order chi connectivity index (χ1) is 13.1. The van der Waals surface area contributed by atoms with Gasteiger partial charge in [0.25, 0.3) is 20.0 Å². The van der Waals surface area contributed by atoms with E-state index in [1.807, 2.05) is 0 Å². The number of thiophene rings is 1. The zero-order chi connectivity index (χ0) is 20.5. The van der Waals surface area contributed by atoms with E-state index in [0.29, 0.717) is 5.56 Å². The van der Waals surface area contributed by atoms with Gasteiger partial charge in [-0.05, 0) is 42.1 Å². The molecule has 28 heavy (non-hydrogen) atoms. The summed E-state index contributed by atoms with van der Waals surface area (Å²) >= 11 is 13.1. The largest absolute Gasteiger partial charge is 0.277 e. The molecule has 1 aromatic heterocycles. The monoisotopic (exact) mass is 476 g/mol. The van der Waals surface area contributed by atoms with Crippen molar-refractivity contribution in [2.45, 2.75) is 16.0 Å². The summed E-state index contributed by atoms with van der Waals surface area (Å²) in [7, 11) is -7.91. The molecular weight excluding hydrogens is 463 g/mol. The van der Waals surface area contributed by atoms with Gasteiger partial charge in [-0.15, -0.1) is 11.3 Å². The first-order valence-corrected chi connectivity index (χ1v) is 12.3. The molecule has 1 heterocycles. The van der Waals surface area contributed by atoms with Gasteiger partial charge in [-0.3, -0.25) is 9.44 Å². The van der Waals surface area contributed by atoms with Gasteiger partial charge >= 0.3 is 0 Å². The summed E-state index contributed by atoms with van der Waals surface area (Å²) in [6.45, 7) is 1.66. The Balaban J connectivity index is 2.04. The van der Waals surface area contributed by atoms with Gasteiger partial charge in [0.05, 0.1) is 26.3 Å². The second-order valence-corrected chi connectivity index (χ2v) is 11.0. The number of anilines is 2. The molecule has 0 saturated carbocycles. The quantitative estimate of drug-likeness (QED) is 0.525. The summed E-state index contributed by atoms with van der Waals surface area (Å²) in [6.07, 6.45) is 0. The summed E-state index contributed by atoms with van der Waals surface area (Å²) in [5.74, 6) is 0. The highest BCUT2D eigenvalue weighted by atomic mass is 35.5. The zero-order valence-corrected chi connectivity index (χ0v) is 18.3. The maximum absolute atomic E-state index is 12.8. The Hall–Kier alpha value is -1.78. The molecule has 0 aliphatic rings. The van der Waals surface area contributed by atoms with Crippen molar-refractivity contribution in [3.8, 4) is 0 Å². The van der Waals surface area contributed by atoms with E-state index < -0.39 is 20.0 Å². The molecule has 3 aromatic rings. The SMILES string of the molecule is Cc1ccccc1S(=O)(=O)Nc1cc(Cl)c(Cl)cc1NS(=O)(=O)c1cccs1. The van der Waals surface area contributed by atoms with Crippen molar-refractivity contribution < 1.29 is 16.8 Å². The maximum atomic E-state index is 12.8. The normalized spacial score (nSPS) is 12.0. The summed E-state index contributed by atoms with van der Waals surface area (Å²) < 4.78 is 55.5. The van der Waals surface area contributed by atoms with Gasteiger partial charge in [0.1, 0.15) is 4.21 Å². The van der Waals surface area contributed by atoms with E-state index in [9.17, 15) is 16.8 Å². The average Bonchev–Trinajstić information content (AvgIpc) is 3.15. The summed E-state index contributed by atoms with van der Waals surface area (Å²) in [5, 5.41) is 1.76. The molecule has 0 fully saturated rings. The molecule has 2 aromatic carbocycles.